The van der Waals surface area contributed by atoms with Crippen LogP contribution in [-0.2, 0) is 14.4 Å². The first-order valence-corrected chi connectivity index (χ1v) is 34.6. The van der Waals surface area contributed by atoms with Gasteiger partial charge in [-0.1, -0.05) is 0 Å². The summed E-state index contributed by atoms with van der Waals surface area (Å²) in [5.74, 6) is -8.26. The molecule has 0 aliphatic heterocycles. The van der Waals surface area contributed by atoms with Gasteiger partial charge in [0.15, 0.2) is 18.3 Å². The lowest BCUT2D eigenvalue weighted by molar-refractivity contribution is -0.126. The third-order valence-electron chi connectivity index (χ3n) is 11.7. The molecule has 0 aliphatic rings. The van der Waals surface area contributed by atoms with E-state index in [1.165, 1.54) is 4.90 Å². The molecule has 30 nitrogen and oxygen atoms in total. The van der Waals surface area contributed by atoms with Gasteiger partial charge in [0.05, 0.1) is 130 Å². The fraction of sp³-hybridized carbons (Fsp3) is 0.438. The molecule has 0 saturated heterocycles. The third-order valence-corrected chi connectivity index (χ3v) is 21.4. The summed E-state index contributed by atoms with van der Waals surface area (Å²) in [6.45, 7) is -7.26. The van der Waals surface area contributed by atoms with Gasteiger partial charge in [-0.3, -0.25) is 43.2 Å². The van der Waals surface area contributed by atoms with Gasteiger partial charge in [-0.15, -0.1) is 0 Å². The molecule has 9 amide bonds. The predicted octanol–water partition coefficient (Wildman–Crippen LogP) is -1.67. The van der Waals surface area contributed by atoms with Gasteiger partial charge < -0.3 is 109 Å². The molecule has 0 saturated carbocycles. The molecule has 0 heterocycles. The van der Waals surface area contributed by atoms with Crippen LogP contribution in [0.2, 0.25) is 0 Å². The smallest absolute Gasteiger partial charge is 0.256 e. The Balaban J connectivity index is 2.20. The van der Waals surface area contributed by atoms with E-state index in [0.717, 1.165) is 0 Å². The van der Waals surface area contributed by atoms with Crippen molar-refractivity contribution in [3.8, 4) is 0 Å². The lowest BCUT2D eigenvalue weighted by Gasteiger charge is -2.27. The Hall–Kier alpha value is -1.02. The van der Waals surface area contributed by atoms with Crippen LogP contribution in [0.5, 0.6) is 0 Å². The number of anilines is 3. The highest BCUT2D eigenvalue weighted by Crippen LogP contribution is 2.39. The van der Waals surface area contributed by atoms with Crippen LogP contribution in [0.15, 0.2) is 0 Å². The van der Waals surface area contributed by atoms with Crippen molar-refractivity contribution in [1.29, 1.82) is 0 Å². The van der Waals surface area contributed by atoms with Crippen LogP contribution in [0.4, 0.5) is 17.1 Å². The lowest BCUT2D eigenvalue weighted by atomic mass is 10.1. The topological polar surface area (TPSA) is 496 Å². The van der Waals surface area contributed by atoms with Crippen LogP contribution in [0, 0.1) is 32.1 Å². The molecule has 39 heteroatoms. The Kier molecular flexibility index (Phi) is 36.0. The average molecular weight is 2240 g/mol. The summed E-state index contributed by atoms with van der Waals surface area (Å²) in [4.78, 5) is 125. The average Bonchev–Trinajstić information content (AvgIpc) is 2.67. The third kappa shape index (κ3) is 21.8. The molecule has 0 aliphatic carbocycles. The Morgan fingerprint density at radius 2 is 0.563 bits per heavy atom. The number of hydrogen-bond donors (Lipinski definition) is 20. The molecular weight excluding hydrogens is 2180 g/mol. The summed E-state index contributed by atoms with van der Waals surface area (Å²) in [7, 11) is 0. The maximum atomic E-state index is 15.2. The van der Waals surface area contributed by atoms with Crippen molar-refractivity contribution in [2.45, 2.75) is 49.5 Å². The highest BCUT2D eigenvalue weighted by Gasteiger charge is 2.35. The van der Waals surface area contributed by atoms with E-state index >= 15 is 4.79 Å². The largest absolute Gasteiger partial charge is 0.394 e. The second-order valence-electron chi connectivity index (χ2n) is 17.9. The first kappa shape index (κ1) is 80.2. The van der Waals surface area contributed by atoms with Crippen LogP contribution in [0.3, 0.4) is 0 Å². The maximum Gasteiger partial charge on any atom is 0.256 e. The summed E-state index contributed by atoms with van der Waals surface area (Å²) >= 11 is 15.6. The molecule has 20 N–H and O–H groups in total. The summed E-state index contributed by atoms with van der Waals surface area (Å²) in [6, 6.07) is 0. The number of carbonyl (C=O) groups is 9. The molecule has 6 atom stereocenters. The lowest BCUT2D eigenvalue weighted by Crippen LogP contribution is -2.39. The SMILES string of the molecule is O=C(NCCCN(CCCNC(=O)c1c(I)c(NC(=O)C(O)CO)c(I)c(C(=O)NCC(O)CO)c1I)C(=O)c1c(I)c(NC(=O)C(O)CO)c(I)c(C(=O)NCC(O)CO)c1I)c1c(I)c(NC(=O)C(O)CO)c(I)c(C(=O)NCC(O)CO)c1I. The van der Waals surface area contributed by atoms with Crippen molar-refractivity contribution < 1.29 is 104 Å². The molecule has 87 heavy (non-hydrogen) atoms. The van der Waals surface area contributed by atoms with Gasteiger partial charge in [0.25, 0.3) is 53.2 Å². The summed E-state index contributed by atoms with van der Waals surface area (Å²) in [5.41, 5.74) is -1.33. The molecule has 0 radical (unpaired) electrons. The fourth-order valence-corrected chi connectivity index (χ4v) is 20.3. The molecule has 6 unspecified atom stereocenters. The summed E-state index contributed by atoms with van der Waals surface area (Å²) < 4.78 is 0.573. The predicted molar refractivity (Wildman–Crippen MR) is 385 cm³/mol. The Morgan fingerprint density at radius 3 is 0.805 bits per heavy atom. The van der Waals surface area contributed by atoms with Crippen LogP contribution in [-0.4, -0.2) is 241 Å². The van der Waals surface area contributed by atoms with Gasteiger partial charge >= 0.3 is 0 Å². The van der Waals surface area contributed by atoms with E-state index in [2.05, 4.69) is 42.5 Å². The van der Waals surface area contributed by atoms with E-state index in [4.69, 9.17) is 0 Å². The maximum absolute atomic E-state index is 15.2. The highest BCUT2D eigenvalue weighted by molar-refractivity contribution is 14.1. The Labute approximate surface area is 617 Å². The van der Waals surface area contributed by atoms with Crippen LogP contribution in [0.25, 0.3) is 0 Å². The second kappa shape index (κ2) is 39.0. The van der Waals surface area contributed by atoms with E-state index in [0.29, 0.717) is 0 Å². The van der Waals surface area contributed by atoms with E-state index < -0.39 is 149 Å². The van der Waals surface area contributed by atoms with Crippen LogP contribution >= 0.6 is 203 Å². The molecule has 3 rings (SSSR count). The van der Waals surface area contributed by atoms with Gasteiger partial charge in [-0.2, -0.15) is 0 Å². The van der Waals surface area contributed by atoms with Crippen LogP contribution < -0.4 is 42.5 Å². The number of rotatable bonds is 32. The van der Waals surface area contributed by atoms with Crippen molar-refractivity contribution in [2.24, 2.45) is 0 Å². The Bertz CT molecular complexity index is 2950. The van der Waals surface area contributed by atoms with E-state index in [1.807, 2.05) is 0 Å². The van der Waals surface area contributed by atoms with Crippen molar-refractivity contribution >= 4 is 274 Å². The summed E-state index contributed by atoms with van der Waals surface area (Å²) in [5, 5.41) is 137. The molecule has 0 fully saturated rings. The van der Waals surface area contributed by atoms with Gasteiger partial charge in [0, 0.05) is 56.5 Å². The number of benzene rings is 3. The van der Waals surface area contributed by atoms with Crippen LogP contribution in [0.1, 0.15) is 75.0 Å². The number of halogens is 9. The van der Waals surface area contributed by atoms with Crippen molar-refractivity contribution in [2.75, 3.05) is 101 Å². The molecule has 0 spiro atoms. The monoisotopic (exact) mass is 2240 g/mol. The number of nitrogens with one attached hydrogen (secondary N) is 8. The molecule has 482 valence electrons. The zero-order chi connectivity index (χ0) is 65.9. The van der Waals surface area contributed by atoms with E-state index in [-0.39, 0.29) is 122 Å². The molecule has 0 aromatic heterocycles. The second-order valence-corrected chi connectivity index (χ2v) is 27.6. The number of aliphatic hydroxyl groups is 12. The minimum atomic E-state index is -1.95. The zero-order valence-corrected chi connectivity index (χ0v) is 63.9. The van der Waals surface area contributed by atoms with E-state index in [1.54, 1.807) is 203 Å². The van der Waals surface area contributed by atoms with Gasteiger partial charge in [0.1, 0.15) is 0 Å². The highest BCUT2D eigenvalue weighted by atomic mass is 127. The quantitative estimate of drug-likeness (QED) is 0.0246. The number of hydrogen-bond acceptors (Lipinski definition) is 21. The van der Waals surface area contributed by atoms with Gasteiger partial charge in [-0.05, 0) is 216 Å². The van der Waals surface area contributed by atoms with Crippen molar-refractivity contribution in [1.82, 2.24) is 31.5 Å². The number of nitrogens with zero attached hydrogens (tertiary/aromatic N) is 1. The number of amides is 9. The van der Waals surface area contributed by atoms with Crippen molar-refractivity contribution in [3.05, 3.63) is 65.5 Å². The molecular formula is C48H56I9N9O21. The first-order valence-electron chi connectivity index (χ1n) is 24.9. The number of aliphatic hydroxyl groups excluding tert-OH is 12. The Morgan fingerprint density at radius 1 is 0.333 bits per heavy atom. The van der Waals surface area contributed by atoms with Gasteiger partial charge in [-0.25, -0.2) is 0 Å². The fourth-order valence-electron chi connectivity index (χ4n) is 7.06. The van der Waals surface area contributed by atoms with Gasteiger partial charge in [0.2, 0.25) is 0 Å². The molecule has 3 aromatic carbocycles. The minimum absolute atomic E-state index is 0.0145. The standard InChI is InChI=1S/C48H56I9N9O21/c49-28-22(31(52)37(63-40(79)19(76)13-70)33(54)24(28)45(84)60-7-16(73)10-67)43(82)58-3-1-5-66(48(87)27-30(51)26(47(86)62-9-18(75)12-69)35(56)39(36(27)57)65-42(81)21(78)15-72)6-2-4-59-44(83)23-29(50)25(46(85)61-8-17(74)11-68)34(55)38(32(23)53)64-41(80)20(77)14-71/h16-21,67-78H,1-15H2,(H,58,82)(H,59,83)(H,60,84)(H,61,85)(H,62,86)(H,63,79)(H,64,80)(H,65,81). The molecule has 3 aromatic rings. The van der Waals surface area contributed by atoms with E-state index in [9.17, 15) is 99.6 Å². The zero-order valence-electron chi connectivity index (χ0n) is 44.5. The normalized spacial score (nSPS) is 13.3. The van der Waals surface area contributed by atoms with Crippen molar-refractivity contribution in [3.63, 3.8) is 0 Å². The number of carbonyl (C=O) groups excluding carboxylic acids is 9. The first-order chi connectivity index (χ1) is 40.9. The summed E-state index contributed by atoms with van der Waals surface area (Å²) in [6.07, 6.45) is -10.0. The molecule has 0 bridgehead atoms. The minimum Gasteiger partial charge on any atom is -0.394 e.